The van der Waals surface area contributed by atoms with Crippen LogP contribution >= 0.6 is 0 Å². The van der Waals surface area contributed by atoms with E-state index in [2.05, 4.69) is 41.8 Å². The van der Waals surface area contributed by atoms with Crippen LogP contribution in [0.3, 0.4) is 0 Å². The number of nitrogens with one attached hydrogen (secondary N) is 1. The normalized spacial score (nSPS) is 13.2. The molecule has 1 aromatic heterocycles. The van der Waals surface area contributed by atoms with Gasteiger partial charge in [0.25, 0.3) is 0 Å². The second-order valence-corrected chi connectivity index (χ2v) is 5.23. The SMILES string of the molecule is CCCC(COC)n1cnc(CNCC(C)C)c1. The molecule has 1 atom stereocenters. The molecule has 0 bridgehead atoms. The van der Waals surface area contributed by atoms with Gasteiger partial charge < -0.3 is 14.6 Å². The Morgan fingerprint density at radius 3 is 2.83 bits per heavy atom. The minimum atomic E-state index is 0.409. The van der Waals surface area contributed by atoms with Crippen molar-refractivity contribution in [1.29, 1.82) is 0 Å². The van der Waals surface area contributed by atoms with Crippen molar-refractivity contribution in [2.45, 2.75) is 46.2 Å². The average molecular weight is 253 g/mol. The van der Waals surface area contributed by atoms with Gasteiger partial charge >= 0.3 is 0 Å². The first-order chi connectivity index (χ1) is 8.67. The molecule has 0 saturated carbocycles. The van der Waals surface area contributed by atoms with Gasteiger partial charge in [-0.15, -0.1) is 0 Å². The highest BCUT2D eigenvalue weighted by Gasteiger charge is 2.10. The third-order valence-corrected chi connectivity index (χ3v) is 2.92. The summed E-state index contributed by atoms with van der Waals surface area (Å²) in [4.78, 5) is 4.44. The number of aromatic nitrogens is 2. The molecule has 0 aromatic carbocycles. The quantitative estimate of drug-likeness (QED) is 0.735. The first-order valence-corrected chi connectivity index (χ1v) is 6.89. The van der Waals surface area contributed by atoms with Crippen LogP contribution in [0.15, 0.2) is 12.5 Å². The van der Waals surface area contributed by atoms with Crippen molar-refractivity contribution < 1.29 is 4.74 Å². The van der Waals surface area contributed by atoms with Crippen molar-refractivity contribution in [3.05, 3.63) is 18.2 Å². The Hall–Kier alpha value is -0.870. The van der Waals surface area contributed by atoms with Gasteiger partial charge in [0.05, 0.1) is 24.7 Å². The van der Waals surface area contributed by atoms with Crippen LogP contribution in [-0.2, 0) is 11.3 Å². The van der Waals surface area contributed by atoms with Gasteiger partial charge in [-0.1, -0.05) is 27.2 Å². The lowest BCUT2D eigenvalue weighted by Gasteiger charge is -2.16. The molecule has 104 valence electrons. The zero-order valence-corrected chi connectivity index (χ0v) is 12.1. The molecule has 0 saturated heterocycles. The number of nitrogens with zero attached hydrogens (tertiary/aromatic N) is 2. The van der Waals surface area contributed by atoms with Crippen LogP contribution in [0.2, 0.25) is 0 Å². The summed E-state index contributed by atoms with van der Waals surface area (Å²) in [6, 6.07) is 0.409. The molecule has 4 heteroatoms. The summed E-state index contributed by atoms with van der Waals surface area (Å²) < 4.78 is 7.45. The monoisotopic (exact) mass is 253 g/mol. The Balaban J connectivity index is 2.49. The molecule has 0 amide bonds. The molecule has 1 N–H and O–H groups in total. The van der Waals surface area contributed by atoms with E-state index in [9.17, 15) is 0 Å². The van der Waals surface area contributed by atoms with Crippen LogP contribution in [0.1, 0.15) is 45.3 Å². The zero-order chi connectivity index (χ0) is 13.4. The van der Waals surface area contributed by atoms with E-state index >= 15 is 0 Å². The van der Waals surface area contributed by atoms with Crippen molar-refractivity contribution in [2.75, 3.05) is 20.3 Å². The van der Waals surface area contributed by atoms with E-state index in [0.29, 0.717) is 12.0 Å². The van der Waals surface area contributed by atoms with Gasteiger partial charge in [0.15, 0.2) is 0 Å². The zero-order valence-electron chi connectivity index (χ0n) is 12.1. The van der Waals surface area contributed by atoms with Gasteiger partial charge in [-0.25, -0.2) is 4.98 Å². The molecule has 0 aliphatic carbocycles. The highest BCUT2D eigenvalue weighted by atomic mass is 16.5. The lowest BCUT2D eigenvalue weighted by molar-refractivity contribution is 0.150. The van der Waals surface area contributed by atoms with Crippen molar-refractivity contribution in [1.82, 2.24) is 14.9 Å². The molecule has 18 heavy (non-hydrogen) atoms. The molecular formula is C14H27N3O. The minimum Gasteiger partial charge on any atom is -0.383 e. The molecule has 0 spiro atoms. The standard InChI is InChI=1S/C14H27N3O/c1-5-6-14(10-18-4)17-9-13(16-11-17)8-15-7-12(2)3/h9,11-12,14-15H,5-8,10H2,1-4H3. The van der Waals surface area contributed by atoms with E-state index in [0.717, 1.165) is 38.2 Å². The lowest BCUT2D eigenvalue weighted by atomic mass is 10.2. The minimum absolute atomic E-state index is 0.409. The molecule has 1 aromatic rings. The summed E-state index contributed by atoms with van der Waals surface area (Å²) in [5.41, 5.74) is 1.10. The molecule has 0 aliphatic rings. The number of hydrogen-bond acceptors (Lipinski definition) is 3. The van der Waals surface area contributed by atoms with Crippen LogP contribution in [0.5, 0.6) is 0 Å². The first-order valence-electron chi connectivity index (χ1n) is 6.89. The summed E-state index contributed by atoms with van der Waals surface area (Å²) in [6.45, 7) is 9.25. The van der Waals surface area contributed by atoms with Crippen molar-refractivity contribution in [3.8, 4) is 0 Å². The summed E-state index contributed by atoms with van der Waals surface area (Å²) in [7, 11) is 1.75. The fraction of sp³-hybridized carbons (Fsp3) is 0.786. The fourth-order valence-corrected chi connectivity index (χ4v) is 2.00. The van der Waals surface area contributed by atoms with Gasteiger partial charge in [-0.2, -0.15) is 0 Å². The summed E-state index contributed by atoms with van der Waals surface area (Å²) >= 11 is 0. The molecular weight excluding hydrogens is 226 g/mol. The smallest absolute Gasteiger partial charge is 0.0953 e. The molecule has 1 heterocycles. The molecule has 0 radical (unpaired) electrons. The van der Waals surface area contributed by atoms with Crippen LogP contribution in [0.4, 0.5) is 0 Å². The van der Waals surface area contributed by atoms with Gasteiger partial charge in [0.1, 0.15) is 0 Å². The topological polar surface area (TPSA) is 39.1 Å². The molecule has 4 nitrogen and oxygen atoms in total. The predicted molar refractivity (Wildman–Crippen MR) is 74.6 cm³/mol. The largest absolute Gasteiger partial charge is 0.383 e. The van der Waals surface area contributed by atoms with Crippen molar-refractivity contribution >= 4 is 0 Å². The van der Waals surface area contributed by atoms with E-state index in [1.807, 2.05) is 6.33 Å². The maximum absolute atomic E-state index is 5.27. The van der Waals surface area contributed by atoms with Crippen LogP contribution < -0.4 is 5.32 Å². The van der Waals surface area contributed by atoms with E-state index in [4.69, 9.17) is 4.74 Å². The molecule has 0 fully saturated rings. The average Bonchev–Trinajstić information content (AvgIpc) is 2.77. The van der Waals surface area contributed by atoms with E-state index in [1.54, 1.807) is 7.11 Å². The highest BCUT2D eigenvalue weighted by Crippen LogP contribution is 2.14. The Morgan fingerprint density at radius 2 is 2.22 bits per heavy atom. The second kappa shape index (κ2) is 8.27. The fourth-order valence-electron chi connectivity index (χ4n) is 2.00. The van der Waals surface area contributed by atoms with Crippen LogP contribution in [-0.4, -0.2) is 29.8 Å². The second-order valence-electron chi connectivity index (χ2n) is 5.23. The van der Waals surface area contributed by atoms with Gasteiger partial charge in [0.2, 0.25) is 0 Å². The third kappa shape index (κ3) is 5.19. The Morgan fingerprint density at radius 1 is 1.44 bits per heavy atom. The molecule has 1 rings (SSSR count). The Kier molecular flexibility index (Phi) is 6.98. The van der Waals surface area contributed by atoms with Gasteiger partial charge in [-0.05, 0) is 18.9 Å². The lowest BCUT2D eigenvalue weighted by Crippen LogP contribution is -2.19. The number of rotatable bonds is 9. The summed E-state index contributed by atoms with van der Waals surface area (Å²) in [5.74, 6) is 0.674. The molecule has 0 aliphatic heterocycles. The van der Waals surface area contributed by atoms with E-state index in [1.165, 1.54) is 0 Å². The summed E-state index contributed by atoms with van der Waals surface area (Å²) in [6.07, 6.45) is 6.34. The first kappa shape index (κ1) is 15.2. The van der Waals surface area contributed by atoms with Crippen molar-refractivity contribution in [2.24, 2.45) is 5.92 Å². The van der Waals surface area contributed by atoms with E-state index < -0.39 is 0 Å². The highest BCUT2D eigenvalue weighted by molar-refractivity contribution is 4.98. The molecule has 1 unspecified atom stereocenters. The number of imidazole rings is 1. The predicted octanol–water partition coefficient (Wildman–Crippen LogP) is 2.62. The number of ether oxygens (including phenoxy) is 1. The van der Waals surface area contributed by atoms with Gasteiger partial charge in [0, 0.05) is 19.9 Å². The third-order valence-electron chi connectivity index (χ3n) is 2.92. The van der Waals surface area contributed by atoms with E-state index in [-0.39, 0.29) is 0 Å². The maximum atomic E-state index is 5.27. The Labute approximate surface area is 111 Å². The maximum Gasteiger partial charge on any atom is 0.0953 e. The Bertz CT molecular complexity index is 317. The summed E-state index contributed by atoms with van der Waals surface area (Å²) in [5, 5.41) is 3.41. The number of methoxy groups -OCH3 is 1. The van der Waals surface area contributed by atoms with Crippen LogP contribution in [0.25, 0.3) is 0 Å². The van der Waals surface area contributed by atoms with Gasteiger partial charge in [-0.3, -0.25) is 0 Å². The van der Waals surface area contributed by atoms with Crippen molar-refractivity contribution in [3.63, 3.8) is 0 Å². The van der Waals surface area contributed by atoms with Crippen LogP contribution in [0, 0.1) is 5.92 Å². The number of hydrogen-bond donors (Lipinski definition) is 1.